The molecule has 0 spiro atoms. The van der Waals surface area contributed by atoms with Crippen LogP contribution in [0.25, 0.3) is 0 Å². The normalized spacial score (nSPS) is 16.1. The third-order valence-electron chi connectivity index (χ3n) is 1.54. The van der Waals surface area contributed by atoms with Crippen molar-refractivity contribution in [3.05, 3.63) is 0 Å². The Morgan fingerprint density at radius 1 is 1.00 bits per heavy atom. The molecule has 0 aliphatic rings. The highest BCUT2D eigenvalue weighted by Crippen LogP contribution is 2.25. The van der Waals surface area contributed by atoms with Crippen molar-refractivity contribution >= 4 is 32.2 Å². The quantitative estimate of drug-likeness (QED) is 0.483. The predicted molar refractivity (Wildman–Crippen MR) is 66.7 cm³/mol. The van der Waals surface area contributed by atoms with E-state index in [2.05, 4.69) is 0 Å². The maximum atomic E-state index is 6.05. The SMILES string of the molecule is CCO[Si](OCC)(OCC)OC(C)(Cl)CCl. The summed E-state index contributed by atoms with van der Waals surface area (Å²) in [4.78, 5) is 0. The number of hydrogen-bond acceptors (Lipinski definition) is 4. The van der Waals surface area contributed by atoms with Gasteiger partial charge in [0.2, 0.25) is 0 Å². The lowest BCUT2D eigenvalue weighted by Gasteiger charge is -2.32. The van der Waals surface area contributed by atoms with E-state index in [0.29, 0.717) is 19.8 Å². The van der Waals surface area contributed by atoms with Gasteiger partial charge in [0.15, 0.2) is 0 Å². The van der Waals surface area contributed by atoms with Crippen molar-refractivity contribution in [2.75, 3.05) is 25.7 Å². The molecule has 0 aromatic heterocycles. The molecule has 0 saturated carbocycles. The number of rotatable bonds is 9. The Hall–Kier alpha value is 0.637. The minimum absolute atomic E-state index is 0.122. The Balaban J connectivity index is 4.71. The van der Waals surface area contributed by atoms with Crippen LogP contribution in [0.4, 0.5) is 0 Å². The van der Waals surface area contributed by atoms with E-state index < -0.39 is 14.1 Å². The topological polar surface area (TPSA) is 36.9 Å². The third-order valence-corrected chi connectivity index (χ3v) is 5.15. The summed E-state index contributed by atoms with van der Waals surface area (Å²) in [7, 11) is -3.17. The van der Waals surface area contributed by atoms with Crippen molar-refractivity contribution in [1.29, 1.82) is 0 Å². The zero-order valence-electron chi connectivity index (χ0n) is 10.2. The van der Waals surface area contributed by atoms with E-state index in [1.807, 2.05) is 20.8 Å². The molecular weight excluding hydrogens is 271 g/mol. The van der Waals surface area contributed by atoms with Gasteiger partial charge < -0.3 is 17.7 Å². The van der Waals surface area contributed by atoms with Crippen LogP contribution in [-0.4, -0.2) is 39.8 Å². The second-order valence-corrected chi connectivity index (χ2v) is 6.27. The van der Waals surface area contributed by atoms with Crippen LogP contribution < -0.4 is 0 Å². The molecule has 0 rings (SSSR count). The van der Waals surface area contributed by atoms with Gasteiger partial charge in [0.05, 0.1) is 5.88 Å². The minimum Gasteiger partial charge on any atom is -0.351 e. The molecule has 1 atom stereocenters. The largest absolute Gasteiger partial charge is 0.681 e. The van der Waals surface area contributed by atoms with Crippen molar-refractivity contribution in [3.63, 3.8) is 0 Å². The highest BCUT2D eigenvalue weighted by atomic mass is 35.5. The Labute approximate surface area is 109 Å². The molecule has 0 aromatic carbocycles. The molecule has 16 heavy (non-hydrogen) atoms. The van der Waals surface area contributed by atoms with Crippen molar-refractivity contribution in [1.82, 2.24) is 0 Å². The predicted octanol–water partition coefficient (Wildman–Crippen LogP) is 2.74. The molecule has 4 nitrogen and oxygen atoms in total. The maximum Gasteiger partial charge on any atom is 0.681 e. The van der Waals surface area contributed by atoms with Gasteiger partial charge in [-0.2, -0.15) is 0 Å². The molecule has 0 aromatic rings. The first-order valence-electron chi connectivity index (χ1n) is 5.32. The first-order valence-corrected chi connectivity index (χ1v) is 7.86. The average molecular weight is 291 g/mol. The van der Waals surface area contributed by atoms with Crippen LogP contribution in [0, 0.1) is 0 Å². The average Bonchev–Trinajstić information content (AvgIpc) is 2.18. The van der Waals surface area contributed by atoms with Gasteiger partial charge in [-0.15, -0.1) is 11.6 Å². The summed E-state index contributed by atoms with van der Waals surface area (Å²) >= 11 is 11.8. The van der Waals surface area contributed by atoms with Gasteiger partial charge in [0.1, 0.15) is 5.06 Å². The van der Waals surface area contributed by atoms with Crippen LogP contribution in [0.5, 0.6) is 0 Å². The van der Waals surface area contributed by atoms with Crippen LogP contribution in [0.15, 0.2) is 0 Å². The van der Waals surface area contributed by atoms with Gasteiger partial charge in [0.25, 0.3) is 0 Å². The van der Waals surface area contributed by atoms with Gasteiger partial charge >= 0.3 is 9.05 Å². The number of halogens is 2. The zero-order valence-corrected chi connectivity index (χ0v) is 12.7. The highest BCUT2D eigenvalue weighted by molar-refractivity contribution is 6.54. The van der Waals surface area contributed by atoms with Crippen LogP contribution in [0.3, 0.4) is 0 Å². The molecule has 0 radical (unpaired) electrons. The Morgan fingerprint density at radius 3 is 1.62 bits per heavy atom. The first-order chi connectivity index (χ1) is 7.45. The smallest absolute Gasteiger partial charge is 0.351 e. The lowest BCUT2D eigenvalue weighted by Crippen LogP contribution is -2.54. The van der Waals surface area contributed by atoms with Crippen molar-refractivity contribution in [3.8, 4) is 0 Å². The lowest BCUT2D eigenvalue weighted by atomic mass is 10.5. The third kappa shape index (κ3) is 5.81. The second kappa shape index (κ2) is 7.87. The monoisotopic (exact) mass is 290 g/mol. The molecule has 0 saturated heterocycles. The molecule has 0 aliphatic heterocycles. The van der Waals surface area contributed by atoms with E-state index in [1.165, 1.54) is 0 Å². The van der Waals surface area contributed by atoms with E-state index in [1.54, 1.807) is 6.92 Å². The number of hydrogen-bond donors (Lipinski definition) is 0. The molecular formula is C9H20Cl2O4Si. The zero-order chi connectivity index (χ0) is 12.7. The highest BCUT2D eigenvalue weighted by Gasteiger charge is 2.49. The second-order valence-electron chi connectivity index (χ2n) is 3.14. The van der Waals surface area contributed by atoms with Gasteiger partial charge in [-0.1, -0.05) is 11.6 Å². The summed E-state index contributed by atoms with van der Waals surface area (Å²) < 4.78 is 22.0. The molecule has 0 amide bonds. The van der Waals surface area contributed by atoms with E-state index >= 15 is 0 Å². The van der Waals surface area contributed by atoms with Crippen LogP contribution in [0.2, 0.25) is 0 Å². The summed E-state index contributed by atoms with van der Waals surface area (Å²) in [5, 5.41) is -1.05. The van der Waals surface area contributed by atoms with Gasteiger partial charge in [-0.25, -0.2) is 0 Å². The molecule has 98 valence electrons. The molecule has 7 heteroatoms. The molecule has 0 bridgehead atoms. The first kappa shape index (κ1) is 16.6. The Morgan fingerprint density at radius 2 is 1.38 bits per heavy atom. The summed E-state index contributed by atoms with van der Waals surface area (Å²) in [5.41, 5.74) is 0. The standard InChI is InChI=1S/C9H20Cl2O4Si/c1-5-12-16(13-6-2,14-7-3)15-9(4,11)8-10/h5-8H2,1-4H3. The molecule has 1 unspecified atom stereocenters. The van der Waals surface area contributed by atoms with E-state index in [0.717, 1.165) is 0 Å². The van der Waals surface area contributed by atoms with Crippen molar-refractivity contribution in [2.24, 2.45) is 0 Å². The van der Waals surface area contributed by atoms with Gasteiger partial charge in [-0.3, -0.25) is 0 Å². The fourth-order valence-electron chi connectivity index (χ4n) is 1.03. The Bertz CT molecular complexity index is 175. The summed E-state index contributed by atoms with van der Waals surface area (Å²) in [6, 6.07) is 0. The number of alkyl halides is 2. The lowest BCUT2D eigenvalue weighted by molar-refractivity contribution is -0.0524. The fraction of sp³-hybridized carbons (Fsp3) is 1.00. The molecule has 0 aliphatic carbocycles. The Kier molecular flexibility index (Phi) is 8.18. The molecule has 0 fully saturated rings. The summed E-state index contributed by atoms with van der Waals surface area (Å²) in [6.45, 7) is 8.48. The van der Waals surface area contributed by atoms with Gasteiger partial charge in [0, 0.05) is 19.8 Å². The van der Waals surface area contributed by atoms with E-state index in [4.69, 9.17) is 40.9 Å². The van der Waals surface area contributed by atoms with Crippen molar-refractivity contribution in [2.45, 2.75) is 32.8 Å². The summed E-state index contributed by atoms with van der Waals surface area (Å²) in [5.74, 6) is 0.122. The fourth-order valence-corrected chi connectivity index (χ4v) is 3.54. The molecule has 0 N–H and O–H groups in total. The minimum atomic E-state index is -3.17. The van der Waals surface area contributed by atoms with Gasteiger partial charge in [-0.05, 0) is 27.7 Å². The maximum absolute atomic E-state index is 6.05. The van der Waals surface area contributed by atoms with Crippen LogP contribution in [-0.2, 0) is 17.7 Å². The van der Waals surface area contributed by atoms with E-state index in [-0.39, 0.29) is 5.88 Å². The van der Waals surface area contributed by atoms with Crippen LogP contribution >= 0.6 is 23.2 Å². The van der Waals surface area contributed by atoms with Crippen molar-refractivity contribution < 1.29 is 17.7 Å². The summed E-state index contributed by atoms with van der Waals surface area (Å²) in [6.07, 6.45) is 0. The molecule has 0 heterocycles. The van der Waals surface area contributed by atoms with Crippen LogP contribution in [0.1, 0.15) is 27.7 Å². The van der Waals surface area contributed by atoms with E-state index in [9.17, 15) is 0 Å².